The van der Waals surface area contributed by atoms with E-state index in [0.717, 1.165) is 0 Å². The van der Waals surface area contributed by atoms with Gasteiger partial charge in [-0.25, -0.2) is 0 Å². The lowest BCUT2D eigenvalue weighted by Gasteiger charge is -1.49. The number of rotatable bonds is 0. The highest BCUT2D eigenvalue weighted by Gasteiger charge is 1.55. The van der Waals surface area contributed by atoms with Crippen LogP contribution in [-0.4, -0.2) is 15.5 Å². The highest BCUT2D eigenvalue weighted by molar-refractivity contribution is 4.84. The summed E-state index contributed by atoms with van der Waals surface area (Å²) in [4.78, 5) is 2.86. The Kier molecular flexibility index (Phi) is 19.0. The molecule has 0 aliphatic rings. The lowest BCUT2D eigenvalue weighted by atomic mass is 10.7. The zero-order chi connectivity index (χ0) is 7.54. The summed E-state index contributed by atoms with van der Waals surface area (Å²) in [6, 6.07) is 3.89. The third kappa shape index (κ3) is 10.9. The van der Waals surface area contributed by atoms with E-state index in [4.69, 9.17) is 10.5 Å². The van der Waals surface area contributed by atoms with E-state index in [-0.39, 0.29) is 0 Å². The van der Waals surface area contributed by atoms with Crippen LogP contribution in [0, 0.1) is 0 Å². The van der Waals surface area contributed by atoms with Crippen molar-refractivity contribution in [2.75, 3.05) is 0 Å². The predicted molar refractivity (Wildman–Crippen MR) is 37.3 cm³/mol. The molecule has 0 unspecified atom stereocenters. The second-order valence-corrected chi connectivity index (χ2v) is 0.885. The van der Waals surface area contributed by atoms with Crippen LogP contribution in [0.1, 0.15) is 0 Å². The first kappa shape index (κ1) is 10.8. The summed E-state index contributed by atoms with van der Waals surface area (Å²) in [5.41, 5.74) is 0. The molecule has 0 bridgehead atoms. The maximum Gasteiger partial charge on any atom is 0.000496 e. The van der Waals surface area contributed by atoms with Crippen molar-refractivity contribution >= 4 is 0 Å². The third-order valence-electron chi connectivity index (χ3n) is 0.496. The van der Waals surface area contributed by atoms with E-state index in [9.17, 15) is 0 Å². The molecule has 9 heavy (non-hydrogen) atoms. The molecule has 0 amide bonds. The van der Waals surface area contributed by atoms with Crippen molar-refractivity contribution < 1.29 is 10.5 Å². The molecule has 1 aromatic heterocycles. The molecule has 0 spiro atoms. The standard InChI is InChI=1S/C4H5N.C2H4.H2O2/c1-2-4-5-3-1;2*1-2/h1-5H;1-2H2;1-2H. The van der Waals surface area contributed by atoms with Gasteiger partial charge < -0.3 is 4.98 Å². The Morgan fingerprint density at radius 3 is 1.44 bits per heavy atom. The molecule has 0 atom stereocenters. The SMILES string of the molecule is C=C.OO.c1cc[nH]c1. The summed E-state index contributed by atoms with van der Waals surface area (Å²) in [5.74, 6) is 0. The van der Waals surface area contributed by atoms with Crippen LogP contribution in [0.25, 0.3) is 0 Å². The number of hydrogen-bond donors (Lipinski definition) is 3. The normalized spacial score (nSPS) is 5.56. The van der Waals surface area contributed by atoms with Crippen LogP contribution < -0.4 is 0 Å². The molecule has 3 heteroatoms. The minimum absolute atomic E-state index is 1.88. The highest BCUT2D eigenvalue weighted by Crippen LogP contribution is 1.72. The molecule has 1 rings (SSSR count). The van der Waals surface area contributed by atoms with Gasteiger partial charge in [-0.2, -0.15) is 0 Å². The first-order valence-corrected chi connectivity index (χ1v) is 2.28. The van der Waals surface area contributed by atoms with Gasteiger partial charge in [0.2, 0.25) is 0 Å². The lowest BCUT2D eigenvalue weighted by Crippen LogP contribution is -1.38. The van der Waals surface area contributed by atoms with Gasteiger partial charge in [-0.15, -0.1) is 13.2 Å². The van der Waals surface area contributed by atoms with Crippen LogP contribution in [0.15, 0.2) is 37.7 Å². The molecule has 0 saturated carbocycles. The van der Waals surface area contributed by atoms with Crippen LogP contribution in [0.5, 0.6) is 0 Å². The van der Waals surface area contributed by atoms with Crippen LogP contribution in [-0.2, 0) is 0 Å². The second kappa shape index (κ2) is 15.8. The van der Waals surface area contributed by atoms with Gasteiger partial charge in [-0.1, -0.05) is 0 Å². The van der Waals surface area contributed by atoms with Crippen molar-refractivity contribution in [2.45, 2.75) is 0 Å². The smallest absolute Gasteiger partial charge is 0.000496 e. The zero-order valence-corrected chi connectivity index (χ0v) is 5.12. The summed E-state index contributed by atoms with van der Waals surface area (Å²) in [6.45, 7) is 6.00. The Labute approximate surface area is 54.2 Å². The van der Waals surface area contributed by atoms with Gasteiger partial charge in [0.1, 0.15) is 0 Å². The van der Waals surface area contributed by atoms with Crippen molar-refractivity contribution in [3.63, 3.8) is 0 Å². The van der Waals surface area contributed by atoms with Crippen LogP contribution in [0.2, 0.25) is 0 Å². The average Bonchev–Trinajstić information content (AvgIpc) is 2.51. The van der Waals surface area contributed by atoms with Gasteiger partial charge in [-0.05, 0) is 12.1 Å². The van der Waals surface area contributed by atoms with E-state index in [0.29, 0.717) is 0 Å². The van der Waals surface area contributed by atoms with Crippen LogP contribution in [0.3, 0.4) is 0 Å². The summed E-state index contributed by atoms with van der Waals surface area (Å²) in [7, 11) is 0. The molecule has 0 aromatic carbocycles. The molecule has 0 aliphatic heterocycles. The van der Waals surface area contributed by atoms with Crippen molar-refractivity contribution in [2.24, 2.45) is 0 Å². The topological polar surface area (TPSA) is 56.2 Å². The predicted octanol–water partition coefficient (Wildman–Crippen LogP) is 1.83. The Balaban J connectivity index is 0. The Morgan fingerprint density at radius 2 is 1.33 bits per heavy atom. The van der Waals surface area contributed by atoms with Gasteiger partial charge >= 0.3 is 0 Å². The lowest BCUT2D eigenvalue weighted by molar-refractivity contribution is -0.176. The van der Waals surface area contributed by atoms with E-state index in [1.165, 1.54) is 0 Å². The maximum absolute atomic E-state index is 6.00. The van der Waals surface area contributed by atoms with Gasteiger partial charge in [0.05, 0.1) is 0 Å². The number of nitrogens with one attached hydrogen (secondary N) is 1. The first-order valence-electron chi connectivity index (χ1n) is 2.28. The van der Waals surface area contributed by atoms with Gasteiger partial charge in [0.25, 0.3) is 0 Å². The van der Waals surface area contributed by atoms with Crippen molar-refractivity contribution in [3.8, 4) is 0 Å². The molecule has 52 valence electrons. The summed E-state index contributed by atoms with van der Waals surface area (Å²) >= 11 is 0. The van der Waals surface area contributed by atoms with E-state index in [1.807, 2.05) is 24.5 Å². The molecule has 1 aromatic rings. The van der Waals surface area contributed by atoms with E-state index in [2.05, 4.69) is 18.1 Å². The van der Waals surface area contributed by atoms with E-state index >= 15 is 0 Å². The van der Waals surface area contributed by atoms with Crippen LogP contribution >= 0.6 is 0 Å². The monoisotopic (exact) mass is 129 g/mol. The fourth-order valence-corrected chi connectivity index (χ4v) is 0.278. The van der Waals surface area contributed by atoms with Crippen LogP contribution in [0.4, 0.5) is 0 Å². The van der Waals surface area contributed by atoms with Gasteiger partial charge in [-0.3, -0.25) is 10.5 Å². The fourth-order valence-electron chi connectivity index (χ4n) is 0.278. The Hall–Kier alpha value is -1.06. The minimum atomic E-state index is 1.88. The highest BCUT2D eigenvalue weighted by atomic mass is 17.0. The molecule has 0 fully saturated rings. The largest absolute Gasteiger partial charge is 0.368 e. The van der Waals surface area contributed by atoms with Crippen molar-refractivity contribution in [1.82, 2.24) is 4.98 Å². The molecular formula is C6H11NO2. The number of H-pyrrole nitrogens is 1. The summed E-state index contributed by atoms with van der Waals surface area (Å²) in [5, 5.41) is 12.0. The third-order valence-corrected chi connectivity index (χ3v) is 0.496. The fraction of sp³-hybridized carbons (Fsp3) is 0. The molecule has 0 aliphatic carbocycles. The molecule has 0 saturated heterocycles. The first-order chi connectivity index (χ1) is 4.50. The molecule has 3 nitrogen and oxygen atoms in total. The zero-order valence-electron chi connectivity index (χ0n) is 5.12. The molecule has 0 radical (unpaired) electrons. The summed E-state index contributed by atoms with van der Waals surface area (Å²) in [6.07, 6.45) is 3.75. The van der Waals surface area contributed by atoms with Gasteiger partial charge in [0, 0.05) is 12.4 Å². The number of aromatic nitrogens is 1. The number of aromatic amines is 1. The molecule has 3 N–H and O–H groups in total. The van der Waals surface area contributed by atoms with Gasteiger partial charge in [0.15, 0.2) is 0 Å². The Bertz CT molecular complexity index is 78.0. The van der Waals surface area contributed by atoms with E-state index in [1.54, 1.807) is 0 Å². The quantitative estimate of drug-likeness (QED) is 0.284. The number of hydrogen-bond acceptors (Lipinski definition) is 2. The van der Waals surface area contributed by atoms with E-state index < -0.39 is 0 Å². The molecular weight excluding hydrogens is 118 g/mol. The summed E-state index contributed by atoms with van der Waals surface area (Å²) < 4.78 is 0. The average molecular weight is 129 g/mol. The second-order valence-electron chi connectivity index (χ2n) is 0.885. The van der Waals surface area contributed by atoms with Crippen molar-refractivity contribution in [1.29, 1.82) is 0 Å². The minimum Gasteiger partial charge on any atom is -0.368 e. The Morgan fingerprint density at radius 1 is 1.00 bits per heavy atom. The maximum atomic E-state index is 6.00. The van der Waals surface area contributed by atoms with Crippen molar-refractivity contribution in [3.05, 3.63) is 37.7 Å². The molecule has 1 heterocycles.